The lowest BCUT2D eigenvalue weighted by molar-refractivity contribution is -0.132. The Kier molecular flexibility index (Phi) is 6.26. The summed E-state index contributed by atoms with van der Waals surface area (Å²) < 4.78 is 11.3. The van der Waals surface area contributed by atoms with E-state index >= 15 is 0 Å². The number of benzene rings is 2. The summed E-state index contributed by atoms with van der Waals surface area (Å²) >= 11 is 0. The van der Waals surface area contributed by atoms with Crippen LogP contribution in [-0.2, 0) is 9.53 Å². The van der Waals surface area contributed by atoms with E-state index in [9.17, 15) is 4.79 Å². The van der Waals surface area contributed by atoms with Crippen molar-refractivity contribution in [1.82, 2.24) is 5.32 Å². The molecule has 1 amide bonds. The van der Waals surface area contributed by atoms with Crippen LogP contribution in [0.3, 0.4) is 0 Å². The number of amides is 1. The zero-order valence-electron chi connectivity index (χ0n) is 15.1. The molecule has 0 bridgehead atoms. The van der Waals surface area contributed by atoms with Crippen molar-refractivity contribution in [3.05, 3.63) is 65.7 Å². The van der Waals surface area contributed by atoms with Crippen molar-refractivity contribution in [1.29, 1.82) is 0 Å². The largest absolute Gasteiger partial charge is 0.494 e. The summed E-state index contributed by atoms with van der Waals surface area (Å²) in [4.78, 5) is 12.7. The molecule has 3 N–H and O–H groups in total. The van der Waals surface area contributed by atoms with Gasteiger partial charge >= 0.3 is 0 Å². The quantitative estimate of drug-likeness (QED) is 0.802. The van der Waals surface area contributed by atoms with Gasteiger partial charge in [-0.25, -0.2) is 0 Å². The van der Waals surface area contributed by atoms with Crippen molar-refractivity contribution in [2.24, 2.45) is 5.73 Å². The molecule has 1 saturated heterocycles. The molecule has 1 heterocycles. The second-order valence-electron chi connectivity index (χ2n) is 6.41. The van der Waals surface area contributed by atoms with Crippen molar-refractivity contribution >= 4 is 5.91 Å². The molecular weight excluding hydrogens is 328 g/mol. The summed E-state index contributed by atoms with van der Waals surface area (Å²) in [5.74, 6) is 0.725. The molecule has 5 heteroatoms. The number of nitrogens with one attached hydrogen (secondary N) is 1. The molecule has 1 aliphatic heterocycles. The minimum Gasteiger partial charge on any atom is -0.494 e. The maximum absolute atomic E-state index is 12.7. The number of hydrogen-bond acceptors (Lipinski definition) is 4. The van der Waals surface area contributed by atoms with Crippen molar-refractivity contribution in [2.75, 3.05) is 13.2 Å². The molecule has 2 aromatic rings. The van der Waals surface area contributed by atoms with Crippen LogP contribution in [0.5, 0.6) is 5.75 Å². The van der Waals surface area contributed by atoms with Crippen LogP contribution in [0.25, 0.3) is 0 Å². The molecule has 3 rings (SSSR count). The maximum atomic E-state index is 12.7. The second-order valence-corrected chi connectivity index (χ2v) is 6.41. The number of hydrogen-bond donors (Lipinski definition) is 2. The molecule has 1 unspecified atom stereocenters. The number of rotatable bonds is 7. The van der Waals surface area contributed by atoms with E-state index in [1.54, 1.807) is 0 Å². The average molecular weight is 354 g/mol. The first-order valence-corrected chi connectivity index (χ1v) is 9.15. The summed E-state index contributed by atoms with van der Waals surface area (Å²) in [6.45, 7) is 3.03. The summed E-state index contributed by atoms with van der Waals surface area (Å²) in [6.07, 6.45) is 1.08. The van der Waals surface area contributed by atoms with E-state index in [-0.39, 0.29) is 18.1 Å². The van der Waals surface area contributed by atoms with Crippen LogP contribution in [0, 0.1) is 0 Å². The normalized spacial score (nSPS) is 20.5. The van der Waals surface area contributed by atoms with E-state index in [0.717, 1.165) is 23.3 Å². The Hall–Kier alpha value is -2.37. The fourth-order valence-corrected chi connectivity index (χ4v) is 3.23. The van der Waals surface area contributed by atoms with Crippen molar-refractivity contribution < 1.29 is 14.3 Å². The molecule has 0 spiro atoms. The lowest BCUT2D eigenvalue weighted by atomic mass is 9.98. The summed E-state index contributed by atoms with van der Waals surface area (Å²) in [6, 6.07) is 17.5. The Labute approximate surface area is 154 Å². The Morgan fingerprint density at radius 1 is 1.15 bits per heavy atom. The Morgan fingerprint density at radius 3 is 2.46 bits per heavy atom. The van der Waals surface area contributed by atoms with Crippen molar-refractivity contribution in [3.63, 3.8) is 0 Å². The van der Waals surface area contributed by atoms with Crippen LogP contribution in [0.2, 0.25) is 0 Å². The SMILES string of the molecule is CCOc1ccc(C(NC(=O)[C@@H]2CC[C@H](CN)O2)c2ccccc2)cc1. The van der Waals surface area contributed by atoms with Crippen LogP contribution in [-0.4, -0.2) is 31.3 Å². The van der Waals surface area contributed by atoms with E-state index in [0.29, 0.717) is 19.6 Å². The Morgan fingerprint density at radius 2 is 1.85 bits per heavy atom. The van der Waals surface area contributed by atoms with Gasteiger partial charge in [0.1, 0.15) is 11.9 Å². The zero-order valence-corrected chi connectivity index (χ0v) is 15.1. The number of ether oxygens (including phenoxy) is 2. The highest BCUT2D eigenvalue weighted by Gasteiger charge is 2.31. The van der Waals surface area contributed by atoms with Crippen molar-refractivity contribution in [3.8, 4) is 5.75 Å². The predicted molar refractivity (Wildman–Crippen MR) is 101 cm³/mol. The van der Waals surface area contributed by atoms with E-state index in [2.05, 4.69) is 5.32 Å². The van der Waals surface area contributed by atoms with Gasteiger partial charge in [-0.05, 0) is 43.0 Å². The Bertz CT molecular complexity index is 703. The van der Waals surface area contributed by atoms with Gasteiger partial charge in [-0.2, -0.15) is 0 Å². The van der Waals surface area contributed by atoms with Crippen LogP contribution < -0.4 is 15.8 Å². The van der Waals surface area contributed by atoms with Crippen LogP contribution >= 0.6 is 0 Å². The molecule has 2 aromatic carbocycles. The van der Waals surface area contributed by atoms with Gasteiger partial charge in [0.05, 0.1) is 18.8 Å². The molecule has 0 aromatic heterocycles. The van der Waals surface area contributed by atoms with E-state index in [1.165, 1.54) is 0 Å². The van der Waals surface area contributed by atoms with Gasteiger partial charge in [0.15, 0.2) is 0 Å². The van der Waals surface area contributed by atoms with Gasteiger partial charge in [0.25, 0.3) is 0 Å². The molecule has 0 radical (unpaired) electrons. The minimum atomic E-state index is -0.433. The van der Waals surface area contributed by atoms with Gasteiger partial charge in [0.2, 0.25) is 5.91 Å². The first-order chi connectivity index (χ1) is 12.7. The fourth-order valence-electron chi connectivity index (χ4n) is 3.23. The van der Waals surface area contributed by atoms with Crippen LogP contribution in [0.4, 0.5) is 0 Å². The highest BCUT2D eigenvalue weighted by Crippen LogP contribution is 2.26. The molecule has 1 aliphatic rings. The third-order valence-electron chi connectivity index (χ3n) is 4.61. The van der Waals surface area contributed by atoms with E-state index in [1.807, 2.05) is 61.5 Å². The number of carbonyl (C=O) groups is 1. The van der Waals surface area contributed by atoms with Gasteiger partial charge in [0, 0.05) is 6.54 Å². The maximum Gasteiger partial charge on any atom is 0.249 e. The molecule has 26 heavy (non-hydrogen) atoms. The summed E-state index contributed by atoms with van der Waals surface area (Å²) in [7, 11) is 0. The van der Waals surface area contributed by atoms with Gasteiger partial charge < -0.3 is 20.5 Å². The predicted octanol–water partition coefficient (Wildman–Crippen LogP) is 2.80. The first-order valence-electron chi connectivity index (χ1n) is 9.15. The highest BCUT2D eigenvalue weighted by molar-refractivity contribution is 5.82. The highest BCUT2D eigenvalue weighted by atomic mass is 16.5. The fraction of sp³-hybridized carbons (Fsp3) is 0.381. The molecular formula is C21H26N2O3. The van der Waals surface area contributed by atoms with E-state index < -0.39 is 6.10 Å². The molecule has 138 valence electrons. The monoisotopic (exact) mass is 354 g/mol. The third kappa shape index (κ3) is 4.42. The Balaban J connectivity index is 1.79. The van der Waals surface area contributed by atoms with Crippen LogP contribution in [0.15, 0.2) is 54.6 Å². The molecule has 0 aliphatic carbocycles. The van der Waals surface area contributed by atoms with Gasteiger partial charge in [-0.15, -0.1) is 0 Å². The second kappa shape index (κ2) is 8.83. The summed E-state index contributed by atoms with van der Waals surface area (Å²) in [5.41, 5.74) is 7.68. The minimum absolute atomic E-state index is 0.0219. The van der Waals surface area contributed by atoms with Crippen LogP contribution in [0.1, 0.15) is 36.9 Å². The standard InChI is InChI=1S/C21H26N2O3/c1-2-25-17-10-8-16(9-11-17)20(15-6-4-3-5-7-15)23-21(24)19-13-12-18(14-22)26-19/h3-11,18-20H,2,12-14,22H2,1H3,(H,23,24)/t18-,19+,20?/m1/s1. The molecule has 1 fully saturated rings. The van der Waals surface area contributed by atoms with E-state index in [4.69, 9.17) is 15.2 Å². The average Bonchev–Trinajstić information content (AvgIpc) is 3.17. The number of carbonyl (C=O) groups excluding carboxylic acids is 1. The first kappa shape index (κ1) is 18.4. The third-order valence-corrected chi connectivity index (χ3v) is 4.61. The number of nitrogens with two attached hydrogens (primary N) is 1. The lowest BCUT2D eigenvalue weighted by Gasteiger charge is -2.22. The molecule has 3 atom stereocenters. The summed E-state index contributed by atoms with van der Waals surface area (Å²) in [5, 5.41) is 3.14. The van der Waals surface area contributed by atoms with Gasteiger partial charge in [-0.3, -0.25) is 4.79 Å². The lowest BCUT2D eigenvalue weighted by Crippen LogP contribution is -2.38. The smallest absolute Gasteiger partial charge is 0.249 e. The topological polar surface area (TPSA) is 73.6 Å². The zero-order chi connectivity index (χ0) is 18.4. The molecule has 5 nitrogen and oxygen atoms in total. The van der Waals surface area contributed by atoms with Crippen molar-refractivity contribution in [2.45, 2.75) is 38.0 Å². The van der Waals surface area contributed by atoms with Gasteiger partial charge in [-0.1, -0.05) is 42.5 Å². The molecule has 0 saturated carbocycles.